The molecule has 0 radical (unpaired) electrons. The normalized spacial score (nSPS) is 15.6. The number of anilines is 1. The van der Waals surface area contributed by atoms with Crippen LogP contribution in [0.1, 0.15) is 31.2 Å². The van der Waals surface area contributed by atoms with E-state index in [4.69, 9.17) is 5.73 Å². The minimum Gasteiger partial charge on any atom is -0.369 e. The Morgan fingerprint density at radius 1 is 1.24 bits per heavy atom. The average Bonchev–Trinajstić information content (AvgIpc) is 2.48. The van der Waals surface area contributed by atoms with Gasteiger partial charge in [0.2, 0.25) is 11.8 Å². The summed E-state index contributed by atoms with van der Waals surface area (Å²) in [5.74, 6) is 0.245. The first kappa shape index (κ1) is 15.5. The molecule has 2 amide bonds. The number of hydrogen-bond acceptors (Lipinski definition) is 3. The van der Waals surface area contributed by atoms with E-state index in [2.05, 4.69) is 10.6 Å². The van der Waals surface area contributed by atoms with Crippen molar-refractivity contribution in [2.75, 3.05) is 18.4 Å². The molecule has 2 rings (SSSR count). The molecular formula is C16H23N3O2. The zero-order chi connectivity index (χ0) is 15.1. The Bertz CT molecular complexity index is 496. The maximum atomic E-state index is 12.1. The van der Waals surface area contributed by atoms with Crippen LogP contribution in [0.4, 0.5) is 5.69 Å². The molecule has 4 N–H and O–H groups in total. The maximum absolute atomic E-state index is 12.1. The SMILES string of the molecule is NC(=O)Cc1ccccc1NC(=O)CCC1CCNCC1. The van der Waals surface area contributed by atoms with Crippen molar-refractivity contribution < 1.29 is 9.59 Å². The molecular weight excluding hydrogens is 266 g/mol. The molecule has 0 aliphatic carbocycles. The molecule has 1 saturated heterocycles. The van der Waals surface area contributed by atoms with Crippen LogP contribution in [0.25, 0.3) is 0 Å². The fraction of sp³-hybridized carbons (Fsp3) is 0.500. The molecule has 0 spiro atoms. The fourth-order valence-electron chi connectivity index (χ4n) is 2.70. The van der Waals surface area contributed by atoms with Gasteiger partial charge in [0.1, 0.15) is 0 Å². The Morgan fingerprint density at radius 2 is 1.95 bits per heavy atom. The van der Waals surface area contributed by atoms with Gasteiger partial charge in [-0.25, -0.2) is 0 Å². The summed E-state index contributed by atoms with van der Waals surface area (Å²) in [6.45, 7) is 2.10. The van der Waals surface area contributed by atoms with E-state index in [9.17, 15) is 9.59 Å². The predicted molar refractivity (Wildman–Crippen MR) is 82.8 cm³/mol. The van der Waals surface area contributed by atoms with Crippen LogP contribution in [0, 0.1) is 5.92 Å². The third kappa shape index (κ3) is 5.19. The summed E-state index contributed by atoms with van der Waals surface area (Å²) >= 11 is 0. The highest BCUT2D eigenvalue weighted by atomic mass is 16.2. The van der Waals surface area contributed by atoms with E-state index in [1.54, 1.807) is 6.07 Å². The molecule has 114 valence electrons. The van der Waals surface area contributed by atoms with E-state index >= 15 is 0 Å². The lowest BCUT2D eigenvalue weighted by atomic mass is 9.93. The first-order valence-electron chi connectivity index (χ1n) is 7.52. The molecule has 0 saturated carbocycles. The summed E-state index contributed by atoms with van der Waals surface area (Å²) in [5.41, 5.74) is 6.67. The van der Waals surface area contributed by atoms with Gasteiger partial charge in [0.05, 0.1) is 6.42 Å². The van der Waals surface area contributed by atoms with Crippen molar-refractivity contribution in [3.05, 3.63) is 29.8 Å². The minimum atomic E-state index is -0.397. The number of rotatable bonds is 6. The Labute approximate surface area is 125 Å². The molecule has 1 aromatic carbocycles. The van der Waals surface area contributed by atoms with Crippen molar-refractivity contribution >= 4 is 17.5 Å². The van der Waals surface area contributed by atoms with Crippen LogP contribution in [-0.2, 0) is 16.0 Å². The van der Waals surface area contributed by atoms with Crippen LogP contribution in [-0.4, -0.2) is 24.9 Å². The highest BCUT2D eigenvalue weighted by molar-refractivity contribution is 5.92. The highest BCUT2D eigenvalue weighted by Gasteiger charge is 2.15. The molecule has 21 heavy (non-hydrogen) atoms. The predicted octanol–water partition coefficient (Wildman–Crippen LogP) is 1.43. The first-order valence-corrected chi connectivity index (χ1v) is 7.52. The fourth-order valence-corrected chi connectivity index (χ4v) is 2.70. The summed E-state index contributed by atoms with van der Waals surface area (Å²) in [6.07, 6.45) is 3.88. The lowest BCUT2D eigenvalue weighted by Crippen LogP contribution is -2.28. The van der Waals surface area contributed by atoms with Crippen LogP contribution in [0.3, 0.4) is 0 Å². The summed E-state index contributed by atoms with van der Waals surface area (Å²) < 4.78 is 0. The van der Waals surface area contributed by atoms with Gasteiger partial charge in [-0.05, 0) is 49.9 Å². The number of primary amides is 1. The summed E-state index contributed by atoms with van der Waals surface area (Å²) in [7, 11) is 0. The number of nitrogens with one attached hydrogen (secondary N) is 2. The van der Waals surface area contributed by atoms with Gasteiger partial charge in [0.15, 0.2) is 0 Å². The van der Waals surface area contributed by atoms with Gasteiger partial charge in [-0.15, -0.1) is 0 Å². The summed E-state index contributed by atoms with van der Waals surface area (Å²) in [6, 6.07) is 7.30. The first-order chi connectivity index (χ1) is 10.1. The van der Waals surface area contributed by atoms with Crippen LogP contribution in [0.2, 0.25) is 0 Å². The number of carbonyl (C=O) groups excluding carboxylic acids is 2. The third-order valence-electron chi connectivity index (χ3n) is 3.89. The van der Waals surface area contributed by atoms with Gasteiger partial charge in [-0.1, -0.05) is 18.2 Å². The quantitative estimate of drug-likeness (QED) is 0.740. The van der Waals surface area contributed by atoms with Crippen molar-refractivity contribution in [3.63, 3.8) is 0 Å². The summed E-state index contributed by atoms with van der Waals surface area (Å²) in [5, 5.41) is 6.22. The zero-order valence-corrected chi connectivity index (χ0v) is 12.2. The molecule has 0 atom stereocenters. The average molecular weight is 289 g/mol. The number of amides is 2. The third-order valence-corrected chi connectivity index (χ3v) is 3.89. The molecule has 0 unspecified atom stereocenters. The largest absolute Gasteiger partial charge is 0.369 e. The van der Waals surface area contributed by atoms with E-state index in [1.165, 1.54) is 0 Å². The van der Waals surface area contributed by atoms with Crippen LogP contribution < -0.4 is 16.4 Å². The maximum Gasteiger partial charge on any atom is 0.224 e. The number of piperidine rings is 1. The van der Waals surface area contributed by atoms with Crippen LogP contribution >= 0.6 is 0 Å². The number of nitrogens with two attached hydrogens (primary N) is 1. The van der Waals surface area contributed by atoms with E-state index in [0.717, 1.165) is 37.9 Å². The van der Waals surface area contributed by atoms with E-state index < -0.39 is 5.91 Å². The monoisotopic (exact) mass is 289 g/mol. The van der Waals surface area contributed by atoms with E-state index in [1.807, 2.05) is 18.2 Å². The van der Waals surface area contributed by atoms with Crippen molar-refractivity contribution in [1.82, 2.24) is 5.32 Å². The zero-order valence-electron chi connectivity index (χ0n) is 12.2. The molecule has 1 aliphatic rings. The van der Waals surface area contributed by atoms with Crippen molar-refractivity contribution in [3.8, 4) is 0 Å². The molecule has 0 bridgehead atoms. The van der Waals surface area contributed by atoms with Gasteiger partial charge < -0.3 is 16.4 Å². The molecule has 1 heterocycles. The Morgan fingerprint density at radius 3 is 2.67 bits per heavy atom. The number of hydrogen-bond donors (Lipinski definition) is 3. The Kier molecular flexibility index (Phi) is 5.75. The van der Waals surface area contributed by atoms with Gasteiger partial charge in [-0.2, -0.15) is 0 Å². The molecule has 1 aromatic rings. The smallest absolute Gasteiger partial charge is 0.224 e. The lowest BCUT2D eigenvalue weighted by Gasteiger charge is -2.22. The molecule has 1 fully saturated rings. The standard InChI is InChI=1S/C16H23N3O2/c17-15(20)11-13-3-1-2-4-14(13)19-16(21)6-5-12-7-9-18-10-8-12/h1-4,12,18H,5-11H2,(H2,17,20)(H,19,21). The minimum absolute atomic E-state index is 0.00505. The van der Waals surface area contributed by atoms with Gasteiger partial charge in [0.25, 0.3) is 0 Å². The number of para-hydroxylation sites is 1. The van der Waals surface area contributed by atoms with Crippen LogP contribution in [0.15, 0.2) is 24.3 Å². The van der Waals surface area contributed by atoms with E-state index in [0.29, 0.717) is 18.0 Å². The van der Waals surface area contributed by atoms with Crippen molar-refractivity contribution in [2.45, 2.75) is 32.1 Å². The van der Waals surface area contributed by atoms with Crippen LogP contribution in [0.5, 0.6) is 0 Å². The molecule has 5 nitrogen and oxygen atoms in total. The number of carbonyl (C=O) groups is 2. The van der Waals surface area contributed by atoms with Gasteiger partial charge >= 0.3 is 0 Å². The van der Waals surface area contributed by atoms with Crippen molar-refractivity contribution in [1.29, 1.82) is 0 Å². The van der Waals surface area contributed by atoms with E-state index in [-0.39, 0.29) is 12.3 Å². The Hall–Kier alpha value is -1.88. The summed E-state index contributed by atoms with van der Waals surface area (Å²) in [4.78, 5) is 23.1. The molecule has 1 aliphatic heterocycles. The lowest BCUT2D eigenvalue weighted by molar-refractivity contribution is -0.118. The van der Waals surface area contributed by atoms with Gasteiger partial charge in [0, 0.05) is 12.1 Å². The molecule has 5 heteroatoms. The van der Waals surface area contributed by atoms with Crippen molar-refractivity contribution in [2.24, 2.45) is 11.7 Å². The Balaban J connectivity index is 1.85. The highest BCUT2D eigenvalue weighted by Crippen LogP contribution is 2.19. The van der Waals surface area contributed by atoms with Gasteiger partial charge in [-0.3, -0.25) is 9.59 Å². The second-order valence-corrected chi connectivity index (χ2v) is 5.58. The second-order valence-electron chi connectivity index (χ2n) is 5.58. The second kappa shape index (κ2) is 7.78. The topological polar surface area (TPSA) is 84.2 Å². The number of benzene rings is 1. The molecule has 0 aromatic heterocycles.